The van der Waals surface area contributed by atoms with Gasteiger partial charge in [0, 0.05) is 12.5 Å². The first-order valence-electron chi connectivity index (χ1n) is 5.08. The summed E-state index contributed by atoms with van der Waals surface area (Å²) in [4.78, 5) is 13.3. The smallest absolute Gasteiger partial charge is 0.305 e. The fourth-order valence-electron chi connectivity index (χ4n) is 1.57. The van der Waals surface area contributed by atoms with E-state index in [2.05, 4.69) is 16.6 Å². The summed E-state index contributed by atoms with van der Waals surface area (Å²) >= 11 is 0. The molecule has 0 bridgehead atoms. The van der Waals surface area contributed by atoms with E-state index in [-0.39, 0.29) is 5.97 Å². The number of esters is 1. The lowest BCUT2D eigenvalue weighted by Crippen LogP contribution is -2.27. The molecule has 1 aliphatic carbocycles. The molecule has 3 nitrogen and oxygen atoms in total. The monoisotopic (exact) mass is 185 g/mol. The lowest BCUT2D eigenvalue weighted by Gasteiger charge is -2.18. The Morgan fingerprint density at radius 1 is 1.54 bits per heavy atom. The number of rotatable bonds is 6. The van der Waals surface area contributed by atoms with Gasteiger partial charge >= 0.3 is 5.97 Å². The van der Waals surface area contributed by atoms with Crippen molar-refractivity contribution in [2.45, 2.75) is 38.6 Å². The molecule has 0 N–H and O–H groups in total. The Morgan fingerprint density at radius 3 is 2.69 bits per heavy atom. The van der Waals surface area contributed by atoms with Crippen LogP contribution in [-0.2, 0) is 9.53 Å². The van der Waals surface area contributed by atoms with Crippen LogP contribution in [0, 0.1) is 0 Å². The summed E-state index contributed by atoms with van der Waals surface area (Å²) in [6, 6.07) is 0.808. The normalized spacial score (nSPS) is 16.2. The van der Waals surface area contributed by atoms with Crippen LogP contribution in [-0.4, -0.2) is 37.1 Å². The summed E-state index contributed by atoms with van der Waals surface area (Å²) in [6.07, 6.45) is 4.16. The minimum absolute atomic E-state index is 0.0909. The minimum atomic E-state index is -0.0909. The Hall–Kier alpha value is -0.570. The van der Waals surface area contributed by atoms with E-state index in [4.69, 9.17) is 0 Å². The van der Waals surface area contributed by atoms with Gasteiger partial charge in [-0.1, -0.05) is 6.92 Å². The fraction of sp³-hybridized carbons (Fsp3) is 0.900. The van der Waals surface area contributed by atoms with Crippen LogP contribution in [0.2, 0.25) is 0 Å². The maximum atomic E-state index is 10.8. The first-order chi connectivity index (χ1) is 6.27. The summed E-state index contributed by atoms with van der Waals surface area (Å²) < 4.78 is 4.58. The summed E-state index contributed by atoms with van der Waals surface area (Å²) in [6.45, 7) is 4.32. The lowest BCUT2D eigenvalue weighted by molar-refractivity contribution is -0.140. The maximum absolute atomic E-state index is 10.8. The van der Waals surface area contributed by atoms with E-state index in [1.807, 2.05) is 0 Å². The zero-order chi connectivity index (χ0) is 9.68. The van der Waals surface area contributed by atoms with E-state index in [1.54, 1.807) is 0 Å². The highest BCUT2D eigenvalue weighted by Gasteiger charge is 2.27. The molecule has 0 atom stereocenters. The molecular weight excluding hydrogens is 166 g/mol. The Labute approximate surface area is 80.1 Å². The van der Waals surface area contributed by atoms with Gasteiger partial charge < -0.3 is 9.64 Å². The molecule has 0 aromatic heterocycles. The Bertz CT molecular complexity index is 166. The third-order valence-corrected chi connectivity index (χ3v) is 2.52. The Balaban J connectivity index is 2.05. The molecule has 0 heterocycles. The highest BCUT2D eigenvalue weighted by Crippen LogP contribution is 2.26. The molecule has 0 amide bonds. The van der Waals surface area contributed by atoms with Gasteiger partial charge in [0.15, 0.2) is 0 Å². The van der Waals surface area contributed by atoms with E-state index in [0.29, 0.717) is 6.42 Å². The minimum Gasteiger partial charge on any atom is -0.469 e. The van der Waals surface area contributed by atoms with Crippen molar-refractivity contribution in [3.05, 3.63) is 0 Å². The second-order valence-corrected chi connectivity index (χ2v) is 3.54. The molecule has 0 aliphatic heterocycles. The number of hydrogen-bond acceptors (Lipinski definition) is 3. The third-order valence-electron chi connectivity index (χ3n) is 2.52. The largest absolute Gasteiger partial charge is 0.469 e. The van der Waals surface area contributed by atoms with Crippen LogP contribution in [0.4, 0.5) is 0 Å². The first kappa shape index (κ1) is 10.5. The molecule has 1 aliphatic rings. The first-order valence-corrected chi connectivity index (χ1v) is 5.08. The van der Waals surface area contributed by atoms with Gasteiger partial charge in [-0.25, -0.2) is 0 Å². The SMILES string of the molecule is CCN(CCCC(=O)OC)C1CC1. The van der Waals surface area contributed by atoms with Crippen LogP contribution in [0.5, 0.6) is 0 Å². The van der Waals surface area contributed by atoms with Crippen molar-refractivity contribution in [3.63, 3.8) is 0 Å². The highest BCUT2D eigenvalue weighted by molar-refractivity contribution is 5.69. The zero-order valence-electron chi connectivity index (χ0n) is 8.58. The van der Waals surface area contributed by atoms with Crippen LogP contribution in [0.3, 0.4) is 0 Å². The van der Waals surface area contributed by atoms with Gasteiger partial charge in [0.05, 0.1) is 7.11 Å². The summed E-state index contributed by atoms with van der Waals surface area (Å²) in [5.74, 6) is -0.0909. The van der Waals surface area contributed by atoms with E-state index >= 15 is 0 Å². The van der Waals surface area contributed by atoms with Gasteiger partial charge in [-0.3, -0.25) is 4.79 Å². The van der Waals surface area contributed by atoms with Crippen molar-refractivity contribution in [1.82, 2.24) is 4.90 Å². The molecule has 0 spiro atoms. The van der Waals surface area contributed by atoms with Crippen LogP contribution in [0.1, 0.15) is 32.6 Å². The summed E-state index contributed by atoms with van der Waals surface area (Å²) in [5.41, 5.74) is 0. The number of nitrogens with zero attached hydrogens (tertiary/aromatic N) is 1. The van der Waals surface area contributed by atoms with Crippen LogP contribution in [0.15, 0.2) is 0 Å². The van der Waals surface area contributed by atoms with E-state index in [9.17, 15) is 4.79 Å². The van der Waals surface area contributed by atoms with Gasteiger partial charge in [-0.15, -0.1) is 0 Å². The number of hydrogen-bond donors (Lipinski definition) is 0. The van der Waals surface area contributed by atoms with Gasteiger partial charge in [0.2, 0.25) is 0 Å². The highest BCUT2D eigenvalue weighted by atomic mass is 16.5. The molecule has 0 aromatic rings. The van der Waals surface area contributed by atoms with Crippen LogP contribution >= 0.6 is 0 Å². The summed E-state index contributed by atoms with van der Waals surface area (Å²) in [7, 11) is 1.45. The lowest BCUT2D eigenvalue weighted by atomic mass is 10.3. The van der Waals surface area contributed by atoms with Gasteiger partial charge in [-0.2, -0.15) is 0 Å². The topological polar surface area (TPSA) is 29.5 Å². The molecule has 76 valence electrons. The van der Waals surface area contributed by atoms with Gasteiger partial charge in [0.1, 0.15) is 0 Å². The second-order valence-electron chi connectivity index (χ2n) is 3.54. The van der Waals surface area contributed by atoms with Crippen molar-refractivity contribution in [3.8, 4) is 0 Å². The predicted molar refractivity (Wildman–Crippen MR) is 51.5 cm³/mol. The van der Waals surface area contributed by atoms with E-state index < -0.39 is 0 Å². The molecule has 13 heavy (non-hydrogen) atoms. The standard InChI is InChI=1S/C10H19NO2/c1-3-11(9-6-7-9)8-4-5-10(12)13-2/h9H,3-8H2,1-2H3. The van der Waals surface area contributed by atoms with Crippen molar-refractivity contribution in [1.29, 1.82) is 0 Å². The average molecular weight is 185 g/mol. The molecule has 0 radical (unpaired) electrons. The predicted octanol–water partition coefficient (Wildman–Crippen LogP) is 1.42. The molecular formula is C10H19NO2. The molecule has 1 saturated carbocycles. The van der Waals surface area contributed by atoms with E-state index in [1.165, 1.54) is 20.0 Å². The zero-order valence-corrected chi connectivity index (χ0v) is 8.58. The number of carbonyl (C=O) groups excluding carboxylic acids is 1. The van der Waals surface area contributed by atoms with Gasteiger partial charge in [0.25, 0.3) is 0 Å². The molecule has 0 aromatic carbocycles. The third kappa shape index (κ3) is 3.77. The quantitative estimate of drug-likeness (QED) is 0.586. The molecule has 3 heteroatoms. The fourth-order valence-corrected chi connectivity index (χ4v) is 1.57. The second kappa shape index (κ2) is 5.22. The van der Waals surface area contributed by atoms with Crippen LogP contribution in [0.25, 0.3) is 0 Å². The van der Waals surface area contributed by atoms with Crippen molar-refractivity contribution in [2.75, 3.05) is 20.2 Å². The molecule has 0 unspecified atom stereocenters. The molecule has 1 rings (SSSR count). The summed E-state index contributed by atoms with van der Waals surface area (Å²) in [5, 5.41) is 0. The number of ether oxygens (including phenoxy) is 1. The molecule has 1 fully saturated rings. The number of methoxy groups -OCH3 is 1. The van der Waals surface area contributed by atoms with Crippen molar-refractivity contribution in [2.24, 2.45) is 0 Å². The Kier molecular flexibility index (Phi) is 4.22. The average Bonchev–Trinajstić information content (AvgIpc) is 2.95. The maximum Gasteiger partial charge on any atom is 0.305 e. The van der Waals surface area contributed by atoms with Gasteiger partial charge in [-0.05, 0) is 32.4 Å². The number of carbonyl (C=O) groups is 1. The Morgan fingerprint density at radius 2 is 2.23 bits per heavy atom. The van der Waals surface area contributed by atoms with Crippen LogP contribution < -0.4 is 0 Å². The van der Waals surface area contributed by atoms with Crippen molar-refractivity contribution >= 4 is 5.97 Å². The molecule has 0 saturated heterocycles. The van der Waals surface area contributed by atoms with Crippen molar-refractivity contribution < 1.29 is 9.53 Å². The van der Waals surface area contributed by atoms with E-state index in [0.717, 1.165) is 25.6 Å².